The molecule has 0 aromatic carbocycles. The van der Waals surface area contributed by atoms with Crippen molar-refractivity contribution in [1.82, 2.24) is 10.3 Å². The van der Waals surface area contributed by atoms with E-state index in [1.165, 1.54) is 5.57 Å². The molecule has 70 valence electrons. The molecule has 0 amide bonds. The van der Waals surface area contributed by atoms with Crippen LogP contribution in [0.4, 0.5) is 0 Å². The highest BCUT2D eigenvalue weighted by atomic mass is 15.5. The summed E-state index contributed by atoms with van der Waals surface area (Å²) in [5.74, 6) is 1.01. The molecule has 0 atom stereocenters. The van der Waals surface area contributed by atoms with Gasteiger partial charge in [0.1, 0.15) is 6.67 Å². The van der Waals surface area contributed by atoms with E-state index in [2.05, 4.69) is 54.6 Å². The van der Waals surface area contributed by atoms with Crippen molar-refractivity contribution in [1.29, 1.82) is 0 Å². The van der Waals surface area contributed by atoms with Gasteiger partial charge in [-0.15, -0.1) is 0 Å². The summed E-state index contributed by atoms with van der Waals surface area (Å²) >= 11 is 0. The SMILES string of the molecule is CC(C)(C)C1=CN2CNN=C2C=C1. The number of allylic oxidation sites excluding steroid dienone is 2. The van der Waals surface area contributed by atoms with Gasteiger partial charge in [-0.2, -0.15) is 5.10 Å². The molecule has 0 spiro atoms. The monoisotopic (exact) mass is 177 g/mol. The van der Waals surface area contributed by atoms with Crippen molar-refractivity contribution in [2.24, 2.45) is 10.5 Å². The topological polar surface area (TPSA) is 27.6 Å². The fourth-order valence-corrected chi connectivity index (χ4v) is 1.40. The molecule has 3 heteroatoms. The number of nitrogens with one attached hydrogen (secondary N) is 1. The molecule has 0 saturated heterocycles. The molecule has 2 heterocycles. The van der Waals surface area contributed by atoms with E-state index >= 15 is 0 Å². The maximum absolute atomic E-state index is 4.14. The van der Waals surface area contributed by atoms with Crippen LogP contribution in [0.25, 0.3) is 0 Å². The second-order valence-corrected chi connectivity index (χ2v) is 4.42. The van der Waals surface area contributed by atoms with Crippen molar-refractivity contribution in [3.63, 3.8) is 0 Å². The van der Waals surface area contributed by atoms with E-state index in [1.54, 1.807) is 0 Å². The Labute approximate surface area is 78.8 Å². The van der Waals surface area contributed by atoms with Crippen molar-refractivity contribution in [2.75, 3.05) is 6.67 Å². The van der Waals surface area contributed by atoms with Crippen LogP contribution >= 0.6 is 0 Å². The lowest BCUT2D eigenvalue weighted by molar-refractivity contribution is 0.482. The zero-order valence-corrected chi connectivity index (χ0v) is 8.33. The Morgan fingerprint density at radius 3 is 2.85 bits per heavy atom. The summed E-state index contributed by atoms with van der Waals surface area (Å²) in [6.07, 6.45) is 6.36. The van der Waals surface area contributed by atoms with Crippen molar-refractivity contribution in [2.45, 2.75) is 20.8 Å². The smallest absolute Gasteiger partial charge is 0.153 e. The standard InChI is InChI=1S/C10H15N3/c1-10(2,3)8-4-5-9-12-11-7-13(9)6-8/h4-6,11H,7H2,1-3H3. The van der Waals surface area contributed by atoms with Crippen LogP contribution in [0.1, 0.15) is 20.8 Å². The molecule has 0 bridgehead atoms. The third-order valence-electron chi connectivity index (χ3n) is 2.30. The van der Waals surface area contributed by atoms with Gasteiger partial charge in [0.25, 0.3) is 0 Å². The van der Waals surface area contributed by atoms with Crippen LogP contribution in [0.3, 0.4) is 0 Å². The molecule has 0 radical (unpaired) electrons. The third-order valence-corrected chi connectivity index (χ3v) is 2.30. The Bertz CT molecular complexity index is 305. The maximum atomic E-state index is 4.14. The number of hydrogen-bond acceptors (Lipinski definition) is 3. The molecule has 2 rings (SSSR count). The molecular weight excluding hydrogens is 162 g/mol. The average Bonchev–Trinajstić information content (AvgIpc) is 2.47. The molecule has 2 aliphatic heterocycles. The Hall–Kier alpha value is -1.25. The Morgan fingerprint density at radius 1 is 1.38 bits per heavy atom. The first-order valence-electron chi connectivity index (χ1n) is 4.55. The van der Waals surface area contributed by atoms with Gasteiger partial charge in [-0.05, 0) is 17.1 Å². The van der Waals surface area contributed by atoms with E-state index in [1.807, 2.05) is 0 Å². The lowest BCUT2D eigenvalue weighted by Gasteiger charge is -2.26. The normalized spacial score (nSPS) is 20.7. The first-order chi connectivity index (χ1) is 6.07. The molecule has 3 nitrogen and oxygen atoms in total. The van der Waals surface area contributed by atoms with Crippen molar-refractivity contribution in [3.05, 3.63) is 23.9 Å². The Kier molecular flexibility index (Phi) is 1.68. The molecule has 0 aromatic rings. The minimum Gasteiger partial charge on any atom is -0.312 e. The van der Waals surface area contributed by atoms with Gasteiger partial charge in [0, 0.05) is 6.20 Å². The summed E-state index contributed by atoms with van der Waals surface area (Å²) in [5, 5.41) is 4.14. The summed E-state index contributed by atoms with van der Waals surface area (Å²) in [7, 11) is 0. The third kappa shape index (κ3) is 1.46. The molecule has 13 heavy (non-hydrogen) atoms. The number of fused-ring (bicyclic) bond motifs is 1. The summed E-state index contributed by atoms with van der Waals surface area (Å²) in [4.78, 5) is 2.13. The number of nitrogens with zero attached hydrogens (tertiary/aromatic N) is 2. The van der Waals surface area contributed by atoms with E-state index in [4.69, 9.17) is 0 Å². The molecule has 0 fully saturated rings. The molecule has 0 saturated carbocycles. The fraction of sp³-hybridized carbons (Fsp3) is 0.500. The average molecular weight is 177 g/mol. The Morgan fingerprint density at radius 2 is 2.15 bits per heavy atom. The second-order valence-electron chi connectivity index (χ2n) is 4.42. The molecular formula is C10H15N3. The molecule has 2 aliphatic rings. The van der Waals surface area contributed by atoms with Crippen LogP contribution in [0.2, 0.25) is 0 Å². The molecule has 0 unspecified atom stereocenters. The zero-order valence-electron chi connectivity index (χ0n) is 8.33. The van der Waals surface area contributed by atoms with Crippen LogP contribution in [0.15, 0.2) is 29.0 Å². The molecule has 1 N–H and O–H groups in total. The van der Waals surface area contributed by atoms with E-state index < -0.39 is 0 Å². The predicted octanol–water partition coefficient (Wildman–Crippen LogP) is 1.66. The summed E-state index contributed by atoms with van der Waals surface area (Å²) < 4.78 is 0. The summed E-state index contributed by atoms with van der Waals surface area (Å²) in [6, 6.07) is 0. The highest BCUT2D eigenvalue weighted by molar-refractivity contribution is 5.96. The van der Waals surface area contributed by atoms with Crippen molar-refractivity contribution in [3.8, 4) is 0 Å². The minimum absolute atomic E-state index is 0.213. The van der Waals surface area contributed by atoms with Gasteiger partial charge in [0.2, 0.25) is 0 Å². The van der Waals surface area contributed by atoms with Gasteiger partial charge < -0.3 is 4.90 Å². The van der Waals surface area contributed by atoms with Crippen LogP contribution in [-0.4, -0.2) is 17.4 Å². The lowest BCUT2D eigenvalue weighted by atomic mass is 9.86. The lowest BCUT2D eigenvalue weighted by Crippen LogP contribution is -2.27. The number of hydrazone groups is 1. The van der Waals surface area contributed by atoms with Crippen LogP contribution in [0.5, 0.6) is 0 Å². The predicted molar refractivity (Wildman–Crippen MR) is 54.0 cm³/mol. The van der Waals surface area contributed by atoms with Gasteiger partial charge >= 0.3 is 0 Å². The number of amidine groups is 1. The summed E-state index contributed by atoms with van der Waals surface area (Å²) in [6.45, 7) is 7.44. The largest absolute Gasteiger partial charge is 0.312 e. The van der Waals surface area contributed by atoms with Gasteiger partial charge in [-0.3, -0.25) is 5.43 Å². The van der Waals surface area contributed by atoms with E-state index in [9.17, 15) is 0 Å². The zero-order chi connectivity index (χ0) is 9.47. The first-order valence-corrected chi connectivity index (χ1v) is 4.55. The van der Waals surface area contributed by atoms with Crippen LogP contribution in [0, 0.1) is 5.41 Å². The Balaban J connectivity index is 2.27. The first kappa shape index (κ1) is 8.35. The van der Waals surface area contributed by atoms with E-state index in [0.29, 0.717) is 0 Å². The second kappa shape index (κ2) is 2.62. The number of rotatable bonds is 0. The summed E-state index contributed by atoms with van der Waals surface area (Å²) in [5.41, 5.74) is 4.51. The molecule has 0 aromatic heterocycles. The van der Waals surface area contributed by atoms with Gasteiger partial charge in [0.15, 0.2) is 5.84 Å². The van der Waals surface area contributed by atoms with Gasteiger partial charge in [-0.25, -0.2) is 0 Å². The highest BCUT2D eigenvalue weighted by Gasteiger charge is 2.22. The van der Waals surface area contributed by atoms with Crippen LogP contribution in [-0.2, 0) is 0 Å². The van der Waals surface area contributed by atoms with E-state index in [0.717, 1.165) is 12.5 Å². The van der Waals surface area contributed by atoms with Crippen molar-refractivity contribution >= 4 is 5.84 Å². The fourth-order valence-electron chi connectivity index (χ4n) is 1.40. The highest BCUT2D eigenvalue weighted by Crippen LogP contribution is 2.29. The molecule has 0 aliphatic carbocycles. The van der Waals surface area contributed by atoms with Crippen LogP contribution < -0.4 is 5.43 Å². The quantitative estimate of drug-likeness (QED) is 0.609. The number of hydrogen-bond donors (Lipinski definition) is 1. The minimum atomic E-state index is 0.213. The van der Waals surface area contributed by atoms with Gasteiger partial charge in [-0.1, -0.05) is 26.8 Å². The van der Waals surface area contributed by atoms with Crippen molar-refractivity contribution < 1.29 is 0 Å². The van der Waals surface area contributed by atoms with Gasteiger partial charge in [0.05, 0.1) is 0 Å². The van der Waals surface area contributed by atoms with E-state index in [-0.39, 0.29) is 5.41 Å². The maximum Gasteiger partial charge on any atom is 0.153 e.